The molecule has 3 rings (SSSR count). The lowest BCUT2D eigenvalue weighted by Crippen LogP contribution is -2.49. The molecule has 6 nitrogen and oxygen atoms in total. The number of carbonyl (C=O) groups excluding carboxylic acids is 1. The quantitative estimate of drug-likeness (QED) is 0.800. The number of rotatable bonds is 1. The molecule has 1 fully saturated rings. The van der Waals surface area contributed by atoms with E-state index in [9.17, 15) is 9.59 Å². The molecule has 0 radical (unpaired) electrons. The van der Waals surface area contributed by atoms with Gasteiger partial charge in [0.1, 0.15) is 0 Å². The minimum atomic E-state index is -0.323. The van der Waals surface area contributed by atoms with Crippen molar-refractivity contribution in [1.29, 1.82) is 0 Å². The Morgan fingerprint density at radius 3 is 2.57 bits per heavy atom. The first-order valence-corrected chi connectivity index (χ1v) is 7.79. The number of amides is 1. The summed E-state index contributed by atoms with van der Waals surface area (Å²) in [6.07, 6.45) is -0.0940. The van der Waals surface area contributed by atoms with E-state index >= 15 is 0 Å². The van der Waals surface area contributed by atoms with Crippen molar-refractivity contribution in [1.82, 2.24) is 14.7 Å². The second-order valence-corrected chi connectivity index (χ2v) is 6.29. The second kappa shape index (κ2) is 5.77. The standard InChI is InChI=1S/C17H21N3O3/c1-10-5-6-14-13(7-10)16(21)15(18-19(14)4)17(22)20-8-11(2)23-12(3)9-20/h5-7,11-12H,8-9H2,1-4H3. The molecular weight excluding hydrogens is 294 g/mol. The van der Waals surface area contributed by atoms with Crippen LogP contribution in [0.3, 0.4) is 0 Å². The fourth-order valence-electron chi connectivity index (χ4n) is 3.12. The van der Waals surface area contributed by atoms with Gasteiger partial charge in [-0.25, -0.2) is 0 Å². The predicted molar refractivity (Wildman–Crippen MR) is 87.6 cm³/mol. The molecule has 1 aromatic carbocycles. The van der Waals surface area contributed by atoms with E-state index in [1.807, 2.05) is 32.9 Å². The molecule has 0 saturated carbocycles. The Bertz CT molecular complexity index is 818. The molecule has 1 aliphatic heterocycles. The van der Waals surface area contributed by atoms with Gasteiger partial charge in [0.2, 0.25) is 5.43 Å². The van der Waals surface area contributed by atoms with E-state index in [4.69, 9.17) is 4.74 Å². The maximum atomic E-state index is 12.8. The van der Waals surface area contributed by atoms with Crippen LogP contribution in [0.1, 0.15) is 29.9 Å². The smallest absolute Gasteiger partial charge is 0.278 e. The van der Waals surface area contributed by atoms with E-state index in [0.29, 0.717) is 18.5 Å². The molecule has 2 atom stereocenters. The van der Waals surface area contributed by atoms with E-state index in [2.05, 4.69) is 5.10 Å². The second-order valence-electron chi connectivity index (χ2n) is 6.29. The number of hydrogen-bond acceptors (Lipinski definition) is 4. The molecular formula is C17H21N3O3. The van der Waals surface area contributed by atoms with Crippen molar-refractivity contribution in [3.8, 4) is 0 Å². The summed E-state index contributed by atoms with van der Waals surface area (Å²) in [5, 5.41) is 4.76. The predicted octanol–water partition coefficient (Wildman–Crippen LogP) is 1.49. The van der Waals surface area contributed by atoms with Crippen molar-refractivity contribution < 1.29 is 9.53 Å². The van der Waals surface area contributed by atoms with Crippen molar-refractivity contribution in [2.75, 3.05) is 13.1 Å². The third kappa shape index (κ3) is 2.86. The average Bonchev–Trinajstić information content (AvgIpc) is 2.49. The van der Waals surface area contributed by atoms with Crippen LogP contribution in [0.15, 0.2) is 23.0 Å². The van der Waals surface area contributed by atoms with E-state index in [1.54, 1.807) is 22.7 Å². The lowest BCUT2D eigenvalue weighted by atomic mass is 10.1. The van der Waals surface area contributed by atoms with Crippen LogP contribution in [0.5, 0.6) is 0 Å². The average molecular weight is 315 g/mol. The molecule has 1 aliphatic rings. The SMILES string of the molecule is Cc1ccc2c(c1)c(=O)c(C(=O)N1CC(C)OC(C)C1)nn2C. The third-order valence-corrected chi connectivity index (χ3v) is 4.12. The highest BCUT2D eigenvalue weighted by molar-refractivity contribution is 5.95. The van der Waals surface area contributed by atoms with Crippen molar-refractivity contribution in [3.05, 3.63) is 39.7 Å². The highest BCUT2D eigenvalue weighted by Gasteiger charge is 2.29. The summed E-state index contributed by atoms with van der Waals surface area (Å²) in [7, 11) is 1.75. The monoisotopic (exact) mass is 315 g/mol. The summed E-state index contributed by atoms with van der Waals surface area (Å²) in [5.41, 5.74) is 1.37. The minimum Gasteiger partial charge on any atom is -0.372 e. The topological polar surface area (TPSA) is 64.4 Å². The van der Waals surface area contributed by atoms with Gasteiger partial charge >= 0.3 is 0 Å². The van der Waals surface area contributed by atoms with Crippen molar-refractivity contribution >= 4 is 16.8 Å². The van der Waals surface area contributed by atoms with Crippen molar-refractivity contribution in [2.24, 2.45) is 7.05 Å². The van der Waals surface area contributed by atoms with Gasteiger partial charge in [-0.15, -0.1) is 0 Å². The molecule has 2 unspecified atom stereocenters. The lowest BCUT2D eigenvalue weighted by molar-refractivity contribution is -0.0588. The summed E-state index contributed by atoms with van der Waals surface area (Å²) in [4.78, 5) is 27.2. The Hall–Kier alpha value is -2.21. The highest BCUT2D eigenvalue weighted by atomic mass is 16.5. The van der Waals surface area contributed by atoms with Gasteiger partial charge in [0.25, 0.3) is 5.91 Å². The zero-order valence-electron chi connectivity index (χ0n) is 13.9. The zero-order valence-corrected chi connectivity index (χ0v) is 13.9. The summed E-state index contributed by atoms with van der Waals surface area (Å²) in [6, 6.07) is 5.59. The molecule has 6 heteroatoms. The van der Waals surface area contributed by atoms with Gasteiger partial charge in [-0.3, -0.25) is 14.3 Å². The lowest BCUT2D eigenvalue weighted by Gasteiger charge is -2.35. The fraction of sp³-hybridized carbons (Fsp3) is 0.471. The molecule has 122 valence electrons. The van der Waals surface area contributed by atoms with E-state index in [0.717, 1.165) is 11.1 Å². The number of aromatic nitrogens is 2. The van der Waals surface area contributed by atoms with Crippen LogP contribution < -0.4 is 5.43 Å². The van der Waals surface area contributed by atoms with Crippen LogP contribution in [-0.2, 0) is 11.8 Å². The fourth-order valence-corrected chi connectivity index (χ4v) is 3.12. The molecule has 2 heterocycles. The zero-order chi connectivity index (χ0) is 16.7. The maximum Gasteiger partial charge on any atom is 0.278 e. The summed E-state index contributed by atoms with van der Waals surface area (Å²) >= 11 is 0. The molecule has 1 aromatic heterocycles. The van der Waals surface area contributed by atoms with Crippen LogP contribution in [-0.4, -0.2) is 45.9 Å². The van der Waals surface area contributed by atoms with Gasteiger partial charge in [-0.1, -0.05) is 11.6 Å². The van der Waals surface area contributed by atoms with Crippen LogP contribution in [0, 0.1) is 6.92 Å². The first kappa shape index (κ1) is 15.7. The first-order valence-electron chi connectivity index (χ1n) is 7.79. The van der Waals surface area contributed by atoms with Crippen LogP contribution in [0.2, 0.25) is 0 Å². The van der Waals surface area contributed by atoms with Gasteiger partial charge in [0, 0.05) is 20.1 Å². The number of nitrogens with zero attached hydrogens (tertiary/aromatic N) is 3. The third-order valence-electron chi connectivity index (χ3n) is 4.12. The number of carbonyl (C=O) groups is 1. The number of benzene rings is 1. The molecule has 0 spiro atoms. The van der Waals surface area contributed by atoms with Crippen molar-refractivity contribution in [2.45, 2.75) is 33.0 Å². The van der Waals surface area contributed by atoms with E-state index in [-0.39, 0.29) is 29.2 Å². The number of ether oxygens (including phenoxy) is 1. The molecule has 2 aromatic rings. The number of hydrogen-bond donors (Lipinski definition) is 0. The van der Waals surface area contributed by atoms with Gasteiger partial charge in [-0.2, -0.15) is 5.10 Å². The molecule has 1 amide bonds. The molecule has 0 bridgehead atoms. The van der Waals surface area contributed by atoms with Gasteiger partial charge in [0.05, 0.1) is 23.1 Å². The first-order chi connectivity index (χ1) is 10.9. The Kier molecular flexibility index (Phi) is 3.93. The van der Waals surface area contributed by atoms with Crippen LogP contribution >= 0.6 is 0 Å². The maximum absolute atomic E-state index is 12.8. The van der Waals surface area contributed by atoms with Gasteiger partial charge in [-0.05, 0) is 32.9 Å². The number of morpholine rings is 1. The number of fused-ring (bicyclic) bond motifs is 1. The normalized spacial score (nSPS) is 21.7. The molecule has 23 heavy (non-hydrogen) atoms. The van der Waals surface area contributed by atoms with E-state index in [1.165, 1.54) is 0 Å². The minimum absolute atomic E-state index is 0.0214. The summed E-state index contributed by atoms with van der Waals surface area (Å²) < 4.78 is 7.24. The number of aryl methyl sites for hydroxylation is 2. The van der Waals surface area contributed by atoms with Gasteiger partial charge in [0.15, 0.2) is 5.69 Å². The molecule has 1 saturated heterocycles. The van der Waals surface area contributed by atoms with Crippen LogP contribution in [0.4, 0.5) is 0 Å². The highest BCUT2D eigenvalue weighted by Crippen LogP contribution is 2.15. The van der Waals surface area contributed by atoms with Gasteiger partial charge < -0.3 is 9.64 Å². The summed E-state index contributed by atoms with van der Waals surface area (Å²) in [6.45, 7) is 6.71. The summed E-state index contributed by atoms with van der Waals surface area (Å²) in [5.74, 6) is -0.323. The van der Waals surface area contributed by atoms with Crippen LogP contribution in [0.25, 0.3) is 10.9 Å². The Balaban J connectivity index is 2.07. The Labute approximate surface area is 134 Å². The Morgan fingerprint density at radius 1 is 1.26 bits per heavy atom. The Morgan fingerprint density at radius 2 is 1.91 bits per heavy atom. The van der Waals surface area contributed by atoms with E-state index < -0.39 is 0 Å². The largest absolute Gasteiger partial charge is 0.372 e. The van der Waals surface area contributed by atoms with Crippen molar-refractivity contribution in [3.63, 3.8) is 0 Å². The molecule has 0 N–H and O–H groups in total. The molecule has 0 aliphatic carbocycles.